The van der Waals surface area contributed by atoms with Gasteiger partial charge in [-0.1, -0.05) is 23.2 Å². The Labute approximate surface area is 69.0 Å². The van der Waals surface area contributed by atoms with Gasteiger partial charge in [0.1, 0.15) is 5.15 Å². The number of nitrogens with zero attached hydrogens (tertiary/aromatic N) is 1. The Balaban J connectivity index is 3.09. The summed E-state index contributed by atoms with van der Waals surface area (Å²) < 4.78 is 0. The van der Waals surface area contributed by atoms with Gasteiger partial charge in [-0.25, -0.2) is 4.98 Å². The summed E-state index contributed by atoms with van der Waals surface area (Å²) in [7, 11) is 0. The van der Waals surface area contributed by atoms with Crippen molar-refractivity contribution in [3.8, 4) is 0 Å². The molecule has 10 heavy (non-hydrogen) atoms. The second kappa shape index (κ2) is 3.19. The maximum atomic E-state index is 5.65. The summed E-state index contributed by atoms with van der Waals surface area (Å²) in [6.45, 7) is 0.367. The zero-order valence-corrected chi connectivity index (χ0v) is 6.65. The van der Waals surface area contributed by atoms with Gasteiger partial charge in [0.05, 0.1) is 5.02 Å². The predicted molar refractivity (Wildman–Crippen MR) is 42.1 cm³/mol. The first-order chi connectivity index (χ1) is 4.74. The topological polar surface area (TPSA) is 38.9 Å². The van der Waals surface area contributed by atoms with Crippen LogP contribution in [0, 0.1) is 0 Å². The fourth-order valence-electron chi connectivity index (χ4n) is 0.608. The third-order valence-electron chi connectivity index (χ3n) is 1.10. The number of nitrogens with two attached hydrogens (primary N) is 1. The van der Waals surface area contributed by atoms with Crippen molar-refractivity contribution in [1.29, 1.82) is 0 Å². The zero-order chi connectivity index (χ0) is 7.56. The first-order valence-corrected chi connectivity index (χ1v) is 3.49. The van der Waals surface area contributed by atoms with Gasteiger partial charge >= 0.3 is 0 Å². The molecule has 0 atom stereocenters. The molecule has 1 aromatic heterocycles. The van der Waals surface area contributed by atoms with Crippen molar-refractivity contribution in [3.63, 3.8) is 0 Å². The predicted octanol–water partition coefficient (Wildman–Crippen LogP) is 1.85. The highest BCUT2D eigenvalue weighted by atomic mass is 35.5. The van der Waals surface area contributed by atoms with E-state index in [0.29, 0.717) is 16.7 Å². The summed E-state index contributed by atoms with van der Waals surface area (Å²) in [5.74, 6) is 0. The number of rotatable bonds is 1. The molecule has 0 aromatic carbocycles. The number of pyridine rings is 1. The molecular weight excluding hydrogens is 171 g/mol. The number of aromatic nitrogens is 1. The highest BCUT2D eigenvalue weighted by molar-refractivity contribution is 6.32. The fourth-order valence-corrected chi connectivity index (χ4v) is 0.969. The van der Waals surface area contributed by atoms with E-state index in [1.165, 1.54) is 6.20 Å². The standard InChI is InChI=1S/C6H6Cl2N2/c7-5-1-4(2-9)6(8)10-3-5/h1,3H,2,9H2. The Hall–Kier alpha value is -0.310. The van der Waals surface area contributed by atoms with E-state index in [4.69, 9.17) is 28.9 Å². The second-order valence-electron chi connectivity index (χ2n) is 1.81. The lowest BCUT2D eigenvalue weighted by molar-refractivity contribution is 1.05. The van der Waals surface area contributed by atoms with Crippen molar-refractivity contribution in [1.82, 2.24) is 4.98 Å². The van der Waals surface area contributed by atoms with Crippen LogP contribution in [-0.2, 0) is 6.54 Å². The van der Waals surface area contributed by atoms with Gasteiger partial charge in [-0.05, 0) is 6.07 Å². The summed E-state index contributed by atoms with van der Waals surface area (Å²) in [6.07, 6.45) is 1.49. The molecule has 1 heterocycles. The van der Waals surface area contributed by atoms with E-state index < -0.39 is 0 Å². The molecule has 0 aliphatic heterocycles. The van der Waals surface area contributed by atoms with Gasteiger partial charge in [0.2, 0.25) is 0 Å². The van der Waals surface area contributed by atoms with Crippen LogP contribution in [-0.4, -0.2) is 4.98 Å². The number of hydrogen-bond donors (Lipinski definition) is 1. The van der Waals surface area contributed by atoms with Crippen LogP contribution in [0.3, 0.4) is 0 Å². The van der Waals surface area contributed by atoms with E-state index in [9.17, 15) is 0 Å². The molecule has 0 saturated heterocycles. The highest BCUT2D eigenvalue weighted by Gasteiger charge is 1.98. The largest absolute Gasteiger partial charge is 0.326 e. The minimum Gasteiger partial charge on any atom is -0.326 e. The van der Waals surface area contributed by atoms with Crippen LogP contribution in [0.2, 0.25) is 10.2 Å². The normalized spacial score (nSPS) is 9.90. The molecule has 0 spiro atoms. The lowest BCUT2D eigenvalue weighted by Crippen LogP contribution is -1.97. The summed E-state index contributed by atoms with van der Waals surface area (Å²) in [5.41, 5.74) is 6.11. The van der Waals surface area contributed by atoms with Gasteiger partial charge in [0.15, 0.2) is 0 Å². The van der Waals surface area contributed by atoms with Crippen LogP contribution in [0.4, 0.5) is 0 Å². The summed E-state index contributed by atoms with van der Waals surface area (Å²) in [6, 6.07) is 1.71. The molecule has 0 bridgehead atoms. The third kappa shape index (κ3) is 1.59. The molecule has 1 rings (SSSR count). The highest BCUT2D eigenvalue weighted by Crippen LogP contribution is 2.16. The van der Waals surface area contributed by atoms with E-state index in [1.54, 1.807) is 6.07 Å². The molecule has 2 N–H and O–H groups in total. The molecule has 0 unspecified atom stereocenters. The molecule has 0 fully saturated rings. The SMILES string of the molecule is NCc1cc(Cl)cnc1Cl. The van der Waals surface area contributed by atoms with Gasteiger partial charge in [-0.15, -0.1) is 0 Å². The lowest BCUT2D eigenvalue weighted by atomic mass is 10.3. The van der Waals surface area contributed by atoms with Crippen LogP contribution < -0.4 is 5.73 Å². The monoisotopic (exact) mass is 176 g/mol. The quantitative estimate of drug-likeness (QED) is 0.664. The maximum Gasteiger partial charge on any atom is 0.133 e. The van der Waals surface area contributed by atoms with Crippen LogP contribution >= 0.6 is 23.2 Å². The fraction of sp³-hybridized carbons (Fsp3) is 0.167. The Morgan fingerprint density at radius 1 is 1.50 bits per heavy atom. The van der Waals surface area contributed by atoms with Gasteiger partial charge in [0, 0.05) is 18.3 Å². The minimum atomic E-state index is 0.367. The average Bonchev–Trinajstić information content (AvgIpc) is 1.94. The van der Waals surface area contributed by atoms with Gasteiger partial charge in [-0.3, -0.25) is 0 Å². The van der Waals surface area contributed by atoms with E-state index >= 15 is 0 Å². The summed E-state index contributed by atoms with van der Waals surface area (Å²) in [5, 5.41) is 0.983. The first-order valence-electron chi connectivity index (χ1n) is 2.74. The molecule has 0 radical (unpaired) electrons. The van der Waals surface area contributed by atoms with E-state index in [1.807, 2.05) is 0 Å². The van der Waals surface area contributed by atoms with Gasteiger partial charge in [-0.2, -0.15) is 0 Å². The van der Waals surface area contributed by atoms with Crippen LogP contribution in [0.15, 0.2) is 12.3 Å². The lowest BCUT2D eigenvalue weighted by Gasteiger charge is -1.98. The van der Waals surface area contributed by atoms with Crippen LogP contribution in [0.1, 0.15) is 5.56 Å². The Morgan fingerprint density at radius 2 is 2.20 bits per heavy atom. The van der Waals surface area contributed by atoms with Crippen molar-refractivity contribution in [3.05, 3.63) is 28.0 Å². The van der Waals surface area contributed by atoms with E-state index in [-0.39, 0.29) is 0 Å². The van der Waals surface area contributed by atoms with Crippen molar-refractivity contribution in [2.24, 2.45) is 5.73 Å². The molecule has 0 aliphatic carbocycles. The Morgan fingerprint density at radius 3 is 2.70 bits per heavy atom. The Kier molecular flexibility index (Phi) is 2.49. The molecular formula is C6H6Cl2N2. The Bertz CT molecular complexity index is 237. The number of hydrogen-bond acceptors (Lipinski definition) is 2. The zero-order valence-electron chi connectivity index (χ0n) is 5.14. The summed E-state index contributed by atoms with van der Waals surface area (Å²) >= 11 is 11.3. The first kappa shape index (κ1) is 7.79. The van der Waals surface area contributed by atoms with Crippen molar-refractivity contribution < 1.29 is 0 Å². The van der Waals surface area contributed by atoms with E-state index in [0.717, 1.165) is 5.56 Å². The average molecular weight is 177 g/mol. The second-order valence-corrected chi connectivity index (χ2v) is 2.60. The van der Waals surface area contributed by atoms with Crippen molar-refractivity contribution in [2.45, 2.75) is 6.54 Å². The third-order valence-corrected chi connectivity index (χ3v) is 1.65. The van der Waals surface area contributed by atoms with Crippen LogP contribution in [0.5, 0.6) is 0 Å². The number of halogens is 2. The summed E-state index contributed by atoms with van der Waals surface area (Å²) in [4.78, 5) is 3.80. The molecule has 54 valence electrons. The van der Waals surface area contributed by atoms with Gasteiger partial charge in [0.25, 0.3) is 0 Å². The molecule has 0 aliphatic rings. The molecule has 2 nitrogen and oxygen atoms in total. The van der Waals surface area contributed by atoms with Crippen LogP contribution in [0.25, 0.3) is 0 Å². The van der Waals surface area contributed by atoms with Crippen molar-refractivity contribution in [2.75, 3.05) is 0 Å². The maximum absolute atomic E-state index is 5.65. The smallest absolute Gasteiger partial charge is 0.133 e. The van der Waals surface area contributed by atoms with Crippen molar-refractivity contribution >= 4 is 23.2 Å². The molecule has 0 amide bonds. The van der Waals surface area contributed by atoms with Gasteiger partial charge < -0.3 is 5.73 Å². The molecule has 1 aromatic rings. The molecule has 4 heteroatoms. The minimum absolute atomic E-state index is 0.367. The molecule has 0 saturated carbocycles. The van der Waals surface area contributed by atoms with E-state index in [2.05, 4.69) is 4.98 Å².